The van der Waals surface area contributed by atoms with Crippen LogP contribution in [0.3, 0.4) is 0 Å². The van der Waals surface area contributed by atoms with Crippen molar-refractivity contribution >= 4 is 16.6 Å². The summed E-state index contributed by atoms with van der Waals surface area (Å²) in [5.41, 5.74) is 8.96. The SMILES string of the molecule is Cc1nc2ccc(Oc3ccccc3)c(C3CCc4ccccc43)c2c2c1CCN2. The van der Waals surface area contributed by atoms with Crippen molar-refractivity contribution in [2.24, 2.45) is 0 Å². The van der Waals surface area contributed by atoms with E-state index < -0.39 is 0 Å². The number of rotatable bonds is 3. The van der Waals surface area contributed by atoms with E-state index in [4.69, 9.17) is 9.72 Å². The number of anilines is 1. The van der Waals surface area contributed by atoms with Gasteiger partial charge in [-0.05, 0) is 67.1 Å². The van der Waals surface area contributed by atoms with Gasteiger partial charge in [0, 0.05) is 34.8 Å². The van der Waals surface area contributed by atoms with Crippen LogP contribution in [0.4, 0.5) is 5.69 Å². The molecule has 0 spiro atoms. The van der Waals surface area contributed by atoms with Crippen molar-refractivity contribution < 1.29 is 4.74 Å². The Morgan fingerprint density at radius 2 is 1.77 bits per heavy atom. The van der Waals surface area contributed by atoms with Gasteiger partial charge in [0.2, 0.25) is 0 Å². The minimum absolute atomic E-state index is 0.319. The Balaban J connectivity index is 1.63. The molecule has 3 aromatic carbocycles. The molecule has 6 rings (SSSR count). The van der Waals surface area contributed by atoms with Crippen LogP contribution in [0.2, 0.25) is 0 Å². The number of nitrogens with zero attached hydrogens (tertiary/aromatic N) is 1. The molecule has 1 aliphatic heterocycles. The molecule has 2 heterocycles. The number of hydrogen-bond acceptors (Lipinski definition) is 3. The first-order chi connectivity index (χ1) is 14.8. The molecular formula is C27H24N2O. The third-order valence-electron chi connectivity index (χ3n) is 6.59. The molecule has 1 unspecified atom stereocenters. The average Bonchev–Trinajstić information content (AvgIpc) is 3.43. The predicted molar refractivity (Wildman–Crippen MR) is 122 cm³/mol. The molecule has 0 radical (unpaired) electrons. The van der Waals surface area contributed by atoms with Gasteiger partial charge >= 0.3 is 0 Å². The standard InChI is InChI=1S/C27H24N2O/c1-17-20-15-16-28-27(20)26-23(29-17)13-14-24(30-19-8-3-2-4-9-19)25(26)22-12-11-18-7-5-6-10-21(18)22/h2-10,13-14,22,28H,11-12,15-16H2,1H3. The normalized spacial score (nSPS) is 16.9. The van der Waals surface area contributed by atoms with Crippen LogP contribution in [0.1, 0.15) is 40.3 Å². The van der Waals surface area contributed by atoms with E-state index >= 15 is 0 Å². The zero-order valence-electron chi connectivity index (χ0n) is 17.1. The number of aromatic nitrogens is 1. The van der Waals surface area contributed by atoms with Crippen molar-refractivity contribution in [1.29, 1.82) is 0 Å². The Morgan fingerprint density at radius 1 is 0.933 bits per heavy atom. The van der Waals surface area contributed by atoms with Crippen LogP contribution < -0.4 is 10.1 Å². The van der Waals surface area contributed by atoms with Crippen LogP contribution in [0.5, 0.6) is 11.5 Å². The number of fused-ring (bicyclic) bond motifs is 4. The highest BCUT2D eigenvalue weighted by Gasteiger charge is 2.31. The molecule has 30 heavy (non-hydrogen) atoms. The second-order valence-corrected chi connectivity index (χ2v) is 8.30. The molecule has 3 heteroatoms. The van der Waals surface area contributed by atoms with Crippen LogP contribution in [0.25, 0.3) is 10.9 Å². The van der Waals surface area contributed by atoms with Crippen LogP contribution in [0, 0.1) is 6.92 Å². The maximum absolute atomic E-state index is 6.48. The fourth-order valence-corrected chi connectivity index (χ4v) is 5.25. The predicted octanol–water partition coefficient (Wildman–Crippen LogP) is 6.38. The summed E-state index contributed by atoms with van der Waals surface area (Å²) in [5.74, 6) is 2.13. The number of pyridine rings is 1. The minimum atomic E-state index is 0.319. The summed E-state index contributed by atoms with van der Waals surface area (Å²) in [6, 6.07) is 23.2. The molecule has 3 nitrogen and oxygen atoms in total. The maximum atomic E-state index is 6.48. The molecule has 4 aromatic rings. The molecule has 0 saturated heterocycles. The van der Waals surface area contributed by atoms with Gasteiger partial charge in [0.25, 0.3) is 0 Å². The Bertz CT molecular complexity index is 1260. The van der Waals surface area contributed by atoms with Gasteiger partial charge in [-0.2, -0.15) is 0 Å². The number of benzene rings is 3. The number of nitrogens with one attached hydrogen (secondary N) is 1. The maximum Gasteiger partial charge on any atom is 0.132 e. The number of ether oxygens (including phenoxy) is 1. The van der Waals surface area contributed by atoms with E-state index in [-0.39, 0.29) is 0 Å². The lowest BCUT2D eigenvalue weighted by atomic mass is 9.88. The summed E-state index contributed by atoms with van der Waals surface area (Å²) >= 11 is 0. The topological polar surface area (TPSA) is 34.1 Å². The lowest BCUT2D eigenvalue weighted by Gasteiger charge is -2.22. The van der Waals surface area contributed by atoms with Gasteiger partial charge in [-0.3, -0.25) is 4.98 Å². The van der Waals surface area contributed by atoms with Crippen molar-refractivity contribution in [2.45, 2.75) is 32.1 Å². The van der Waals surface area contributed by atoms with Crippen LogP contribution in [0.15, 0.2) is 66.7 Å². The van der Waals surface area contributed by atoms with E-state index in [9.17, 15) is 0 Å². The zero-order valence-corrected chi connectivity index (χ0v) is 17.1. The third kappa shape index (κ3) is 2.69. The van der Waals surface area contributed by atoms with Crippen LogP contribution in [-0.4, -0.2) is 11.5 Å². The molecule has 1 aliphatic carbocycles. The van der Waals surface area contributed by atoms with Crippen LogP contribution in [-0.2, 0) is 12.8 Å². The number of aryl methyl sites for hydroxylation is 2. The van der Waals surface area contributed by atoms with E-state index in [1.807, 2.05) is 30.3 Å². The second-order valence-electron chi connectivity index (χ2n) is 8.30. The summed E-state index contributed by atoms with van der Waals surface area (Å²) in [6.45, 7) is 3.10. The first kappa shape index (κ1) is 17.5. The molecular weight excluding hydrogens is 368 g/mol. The molecule has 0 fully saturated rings. The van der Waals surface area contributed by atoms with E-state index in [0.717, 1.165) is 48.5 Å². The summed E-state index contributed by atoms with van der Waals surface area (Å²) in [4.78, 5) is 4.99. The average molecular weight is 393 g/mol. The fourth-order valence-electron chi connectivity index (χ4n) is 5.25. The Morgan fingerprint density at radius 3 is 2.67 bits per heavy atom. The van der Waals surface area contributed by atoms with Crippen LogP contribution >= 0.6 is 0 Å². The molecule has 1 atom stereocenters. The molecule has 0 amide bonds. The van der Waals surface area contributed by atoms with Gasteiger partial charge in [0.1, 0.15) is 11.5 Å². The van der Waals surface area contributed by atoms with E-state index in [2.05, 4.69) is 48.6 Å². The minimum Gasteiger partial charge on any atom is -0.457 e. The molecule has 0 bridgehead atoms. The Hall–Kier alpha value is -3.33. The summed E-state index contributed by atoms with van der Waals surface area (Å²) in [5, 5.41) is 4.91. The highest BCUT2D eigenvalue weighted by Crippen LogP contribution is 2.48. The second kappa shape index (κ2) is 6.88. The Kier molecular flexibility index (Phi) is 4.02. The summed E-state index contributed by atoms with van der Waals surface area (Å²) in [6.07, 6.45) is 3.25. The highest BCUT2D eigenvalue weighted by molar-refractivity contribution is 5.99. The first-order valence-electron chi connectivity index (χ1n) is 10.8. The van der Waals surface area contributed by atoms with E-state index in [1.165, 1.54) is 33.3 Å². The molecule has 1 N–H and O–H groups in total. The smallest absolute Gasteiger partial charge is 0.132 e. The quantitative estimate of drug-likeness (QED) is 0.439. The van der Waals surface area contributed by atoms with Crippen molar-refractivity contribution in [3.05, 3.63) is 94.7 Å². The van der Waals surface area contributed by atoms with Gasteiger partial charge in [0.15, 0.2) is 0 Å². The zero-order chi connectivity index (χ0) is 20.1. The number of hydrogen-bond donors (Lipinski definition) is 1. The fraction of sp³-hybridized carbons (Fsp3) is 0.222. The molecule has 2 aliphatic rings. The van der Waals surface area contributed by atoms with Crippen molar-refractivity contribution in [1.82, 2.24) is 4.98 Å². The lowest BCUT2D eigenvalue weighted by Crippen LogP contribution is -2.04. The van der Waals surface area contributed by atoms with Crippen molar-refractivity contribution in [3.63, 3.8) is 0 Å². The largest absolute Gasteiger partial charge is 0.457 e. The summed E-state index contributed by atoms with van der Waals surface area (Å²) in [7, 11) is 0. The van der Waals surface area contributed by atoms with Gasteiger partial charge in [-0.15, -0.1) is 0 Å². The van der Waals surface area contributed by atoms with Gasteiger partial charge < -0.3 is 10.1 Å². The lowest BCUT2D eigenvalue weighted by molar-refractivity contribution is 0.474. The van der Waals surface area contributed by atoms with Gasteiger partial charge in [-0.25, -0.2) is 0 Å². The third-order valence-corrected chi connectivity index (χ3v) is 6.59. The van der Waals surface area contributed by atoms with E-state index in [1.54, 1.807) is 0 Å². The molecule has 148 valence electrons. The first-order valence-corrected chi connectivity index (χ1v) is 10.8. The van der Waals surface area contributed by atoms with Gasteiger partial charge in [0.05, 0.1) is 5.52 Å². The molecule has 1 aromatic heterocycles. The monoisotopic (exact) mass is 392 g/mol. The van der Waals surface area contributed by atoms with Gasteiger partial charge in [-0.1, -0.05) is 42.5 Å². The summed E-state index contributed by atoms with van der Waals surface area (Å²) < 4.78 is 6.48. The Labute approximate surface area is 176 Å². The highest BCUT2D eigenvalue weighted by atomic mass is 16.5. The molecule has 0 saturated carbocycles. The van der Waals surface area contributed by atoms with Crippen molar-refractivity contribution in [2.75, 3.05) is 11.9 Å². The van der Waals surface area contributed by atoms with E-state index in [0.29, 0.717) is 5.92 Å². The number of para-hydroxylation sites is 1. The van der Waals surface area contributed by atoms with Crippen molar-refractivity contribution in [3.8, 4) is 11.5 Å².